The van der Waals surface area contributed by atoms with Gasteiger partial charge in [-0.2, -0.15) is 0 Å². The van der Waals surface area contributed by atoms with Crippen molar-refractivity contribution >= 4 is 12.3 Å². The quantitative estimate of drug-likeness (QED) is 0.584. The molecular weight excluding hydrogens is 254 g/mol. The summed E-state index contributed by atoms with van der Waals surface area (Å²) in [6.07, 6.45) is 2.07. The molecule has 0 unspecified atom stereocenters. The normalized spacial score (nSPS) is 11.2. The predicted molar refractivity (Wildman–Crippen MR) is 78.3 cm³/mol. The summed E-state index contributed by atoms with van der Waals surface area (Å²) in [5, 5.41) is 3.27. The van der Waals surface area contributed by atoms with Crippen molar-refractivity contribution in [2.24, 2.45) is 5.41 Å². The van der Waals surface area contributed by atoms with Crippen molar-refractivity contribution in [3.05, 3.63) is 35.4 Å². The Morgan fingerprint density at radius 1 is 1.25 bits per heavy atom. The molecular formula is C16H23NO3. The molecule has 1 N–H and O–H groups in total. The third-order valence-corrected chi connectivity index (χ3v) is 3.10. The molecule has 0 radical (unpaired) electrons. The van der Waals surface area contributed by atoms with Gasteiger partial charge in [-0.3, -0.25) is 4.79 Å². The van der Waals surface area contributed by atoms with Gasteiger partial charge >= 0.3 is 5.97 Å². The van der Waals surface area contributed by atoms with Gasteiger partial charge in [0.25, 0.3) is 0 Å². The first-order valence-corrected chi connectivity index (χ1v) is 6.78. The van der Waals surface area contributed by atoms with Gasteiger partial charge in [-0.15, -0.1) is 0 Å². The summed E-state index contributed by atoms with van der Waals surface area (Å²) in [4.78, 5) is 21.8. The molecule has 0 saturated heterocycles. The topological polar surface area (TPSA) is 55.4 Å². The van der Waals surface area contributed by atoms with E-state index in [0.29, 0.717) is 19.4 Å². The zero-order valence-corrected chi connectivity index (χ0v) is 12.4. The minimum atomic E-state index is -0.333. The Hall–Kier alpha value is -1.68. The van der Waals surface area contributed by atoms with Gasteiger partial charge in [0.1, 0.15) is 6.29 Å². The number of benzene rings is 1. The molecule has 0 atom stereocenters. The Kier molecular flexibility index (Phi) is 6.39. The average molecular weight is 277 g/mol. The van der Waals surface area contributed by atoms with Gasteiger partial charge in [0.05, 0.1) is 7.11 Å². The first kappa shape index (κ1) is 16.4. The highest BCUT2D eigenvalue weighted by Crippen LogP contribution is 2.10. The molecule has 0 amide bonds. The number of aldehydes is 1. The van der Waals surface area contributed by atoms with E-state index in [-0.39, 0.29) is 11.4 Å². The standard InChI is InChI=1S/C16H23NO3/c1-16(2,12-18)11-17-10-14-6-4-13(5-7-14)8-9-15(19)20-3/h4-7,12,17H,8-11H2,1-3H3. The maximum atomic E-state index is 11.1. The van der Waals surface area contributed by atoms with Crippen molar-refractivity contribution in [2.45, 2.75) is 33.2 Å². The SMILES string of the molecule is COC(=O)CCc1ccc(CNCC(C)(C)C=O)cc1. The average Bonchev–Trinajstić information content (AvgIpc) is 2.46. The number of aryl methyl sites for hydroxylation is 1. The molecule has 4 nitrogen and oxygen atoms in total. The van der Waals surface area contributed by atoms with Crippen molar-refractivity contribution in [1.29, 1.82) is 0 Å². The lowest BCUT2D eigenvalue weighted by Gasteiger charge is -2.17. The first-order valence-electron chi connectivity index (χ1n) is 6.78. The molecule has 1 aromatic rings. The van der Waals surface area contributed by atoms with E-state index in [1.165, 1.54) is 7.11 Å². The van der Waals surface area contributed by atoms with Crippen molar-refractivity contribution in [1.82, 2.24) is 5.32 Å². The van der Waals surface area contributed by atoms with Crippen LogP contribution in [0.2, 0.25) is 0 Å². The Morgan fingerprint density at radius 3 is 2.40 bits per heavy atom. The monoisotopic (exact) mass is 277 g/mol. The number of methoxy groups -OCH3 is 1. The third kappa shape index (κ3) is 5.97. The lowest BCUT2D eigenvalue weighted by atomic mass is 9.96. The zero-order valence-electron chi connectivity index (χ0n) is 12.4. The number of nitrogens with one attached hydrogen (secondary N) is 1. The van der Waals surface area contributed by atoms with Crippen LogP contribution in [0.1, 0.15) is 31.4 Å². The molecule has 0 aliphatic rings. The van der Waals surface area contributed by atoms with E-state index in [9.17, 15) is 9.59 Å². The van der Waals surface area contributed by atoms with Gasteiger partial charge in [-0.05, 0) is 17.5 Å². The van der Waals surface area contributed by atoms with E-state index >= 15 is 0 Å². The van der Waals surface area contributed by atoms with Gasteiger partial charge in [0.2, 0.25) is 0 Å². The van der Waals surface area contributed by atoms with E-state index in [1.54, 1.807) is 0 Å². The smallest absolute Gasteiger partial charge is 0.305 e. The van der Waals surface area contributed by atoms with Crippen molar-refractivity contribution < 1.29 is 14.3 Å². The van der Waals surface area contributed by atoms with Crippen LogP contribution in [0, 0.1) is 5.41 Å². The lowest BCUT2D eigenvalue weighted by Crippen LogP contribution is -2.30. The number of esters is 1. The fraction of sp³-hybridized carbons (Fsp3) is 0.500. The van der Waals surface area contributed by atoms with Gasteiger partial charge < -0.3 is 14.8 Å². The van der Waals surface area contributed by atoms with Crippen LogP contribution >= 0.6 is 0 Å². The van der Waals surface area contributed by atoms with Crippen LogP contribution in [0.3, 0.4) is 0 Å². The van der Waals surface area contributed by atoms with E-state index in [0.717, 1.165) is 24.0 Å². The van der Waals surface area contributed by atoms with E-state index in [1.807, 2.05) is 38.1 Å². The first-order chi connectivity index (χ1) is 9.46. The molecule has 0 aromatic heterocycles. The molecule has 0 heterocycles. The summed E-state index contributed by atoms with van der Waals surface area (Å²) in [7, 11) is 1.40. The summed E-state index contributed by atoms with van der Waals surface area (Å²) < 4.78 is 4.61. The van der Waals surface area contributed by atoms with E-state index in [4.69, 9.17) is 0 Å². The maximum Gasteiger partial charge on any atom is 0.305 e. The number of hydrogen-bond acceptors (Lipinski definition) is 4. The van der Waals surface area contributed by atoms with E-state index < -0.39 is 0 Å². The second kappa shape index (κ2) is 7.80. The molecule has 0 aliphatic carbocycles. The summed E-state index contributed by atoms with van der Waals surface area (Å²) in [6, 6.07) is 8.11. The van der Waals surface area contributed by atoms with Crippen LogP contribution in [0.4, 0.5) is 0 Å². The van der Waals surface area contributed by atoms with Crippen LogP contribution in [0.15, 0.2) is 24.3 Å². The molecule has 110 valence electrons. The van der Waals surface area contributed by atoms with Gasteiger partial charge in [0.15, 0.2) is 0 Å². The number of carbonyl (C=O) groups is 2. The molecule has 0 aliphatic heterocycles. The Bertz CT molecular complexity index is 438. The number of hydrogen-bond donors (Lipinski definition) is 1. The summed E-state index contributed by atoms with van der Waals surface area (Å²) >= 11 is 0. The maximum absolute atomic E-state index is 11.1. The van der Waals surface area contributed by atoms with Crippen LogP contribution in [0.5, 0.6) is 0 Å². The Labute approximate surface area is 120 Å². The number of rotatable bonds is 8. The molecule has 0 fully saturated rings. The fourth-order valence-corrected chi connectivity index (χ4v) is 1.74. The van der Waals surface area contributed by atoms with Crippen LogP contribution < -0.4 is 5.32 Å². The highest BCUT2D eigenvalue weighted by molar-refractivity contribution is 5.69. The van der Waals surface area contributed by atoms with Crippen molar-refractivity contribution in [3.8, 4) is 0 Å². The van der Waals surface area contributed by atoms with Crippen LogP contribution in [-0.2, 0) is 27.3 Å². The lowest BCUT2D eigenvalue weighted by molar-refractivity contribution is -0.140. The minimum Gasteiger partial charge on any atom is -0.469 e. The fourth-order valence-electron chi connectivity index (χ4n) is 1.74. The highest BCUT2D eigenvalue weighted by Gasteiger charge is 2.15. The zero-order chi connectivity index (χ0) is 15.0. The Balaban J connectivity index is 2.39. The second-order valence-electron chi connectivity index (χ2n) is 5.60. The molecule has 1 rings (SSSR count). The van der Waals surface area contributed by atoms with E-state index in [2.05, 4.69) is 10.1 Å². The largest absolute Gasteiger partial charge is 0.469 e. The molecule has 0 saturated carbocycles. The molecule has 0 spiro atoms. The van der Waals surface area contributed by atoms with Crippen LogP contribution in [0.25, 0.3) is 0 Å². The molecule has 20 heavy (non-hydrogen) atoms. The van der Waals surface area contributed by atoms with Crippen LogP contribution in [-0.4, -0.2) is 25.9 Å². The van der Waals surface area contributed by atoms with Gasteiger partial charge in [0, 0.05) is 24.9 Å². The summed E-state index contributed by atoms with van der Waals surface area (Å²) in [6.45, 7) is 5.20. The third-order valence-electron chi connectivity index (χ3n) is 3.10. The predicted octanol–water partition coefficient (Wildman–Crippen LogP) is 2.11. The van der Waals surface area contributed by atoms with Gasteiger partial charge in [-0.25, -0.2) is 0 Å². The Morgan fingerprint density at radius 2 is 1.85 bits per heavy atom. The minimum absolute atomic E-state index is 0.188. The summed E-state index contributed by atoms with van der Waals surface area (Å²) in [5.74, 6) is -0.188. The highest BCUT2D eigenvalue weighted by atomic mass is 16.5. The van der Waals surface area contributed by atoms with Crippen molar-refractivity contribution in [3.63, 3.8) is 0 Å². The molecule has 1 aromatic carbocycles. The molecule has 0 bridgehead atoms. The summed E-state index contributed by atoms with van der Waals surface area (Å²) in [5.41, 5.74) is 1.95. The number of carbonyl (C=O) groups excluding carboxylic acids is 2. The molecule has 4 heteroatoms. The van der Waals surface area contributed by atoms with Gasteiger partial charge in [-0.1, -0.05) is 38.1 Å². The number of ether oxygens (including phenoxy) is 1. The van der Waals surface area contributed by atoms with Crippen molar-refractivity contribution in [2.75, 3.05) is 13.7 Å². The second-order valence-corrected chi connectivity index (χ2v) is 5.60.